The molecule has 0 aliphatic heterocycles. The predicted molar refractivity (Wildman–Crippen MR) is 69.9 cm³/mol. The molecule has 1 amide bonds. The van der Waals surface area contributed by atoms with E-state index in [-0.39, 0.29) is 11.7 Å². The van der Waals surface area contributed by atoms with Gasteiger partial charge in [0.2, 0.25) is 0 Å². The molecule has 5 heteroatoms. The van der Waals surface area contributed by atoms with Crippen LogP contribution < -0.4 is 5.32 Å². The van der Waals surface area contributed by atoms with Gasteiger partial charge in [-0.3, -0.25) is 4.79 Å². The SMILES string of the molecule is CC1CCC(C#N)(NC(=O)c2ccc(Br)o2)CC1. The summed E-state index contributed by atoms with van der Waals surface area (Å²) in [5, 5.41) is 12.1. The molecule has 0 unspecified atom stereocenters. The molecule has 1 aromatic rings. The van der Waals surface area contributed by atoms with Gasteiger partial charge in [-0.25, -0.2) is 0 Å². The summed E-state index contributed by atoms with van der Waals surface area (Å²) in [6, 6.07) is 5.52. The van der Waals surface area contributed by atoms with E-state index in [1.165, 1.54) is 0 Å². The number of nitrogens with zero attached hydrogens (tertiary/aromatic N) is 1. The number of rotatable bonds is 2. The van der Waals surface area contributed by atoms with Crippen LogP contribution in [0.4, 0.5) is 0 Å². The van der Waals surface area contributed by atoms with E-state index >= 15 is 0 Å². The zero-order valence-electron chi connectivity index (χ0n) is 10.2. The monoisotopic (exact) mass is 310 g/mol. The molecule has 2 rings (SSSR count). The third-order valence-corrected chi connectivity index (χ3v) is 3.92. The predicted octanol–water partition coefficient (Wildman–Crippen LogP) is 3.24. The first-order valence-electron chi connectivity index (χ1n) is 6.04. The van der Waals surface area contributed by atoms with E-state index in [4.69, 9.17) is 4.42 Å². The van der Waals surface area contributed by atoms with Gasteiger partial charge in [0.1, 0.15) is 5.54 Å². The number of hydrogen-bond donors (Lipinski definition) is 1. The van der Waals surface area contributed by atoms with Crippen LogP contribution in [0.2, 0.25) is 0 Å². The van der Waals surface area contributed by atoms with Crippen molar-refractivity contribution >= 4 is 21.8 Å². The fourth-order valence-electron chi connectivity index (χ4n) is 2.23. The summed E-state index contributed by atoms with van der Waals surface area (Å²) in [6.07, 6.45) is 3.35. The Morgan fingerprint density at radius 1 is 1.56 bits per heavy atom. The lowest BCUT2D eigenvalue weighted by Crippen LogP contribution is -2.49. The number of nitrogens with one attached hydrogen (secondary N) is 1. The Balaban J connectivity index is 2.07. The van der Waals surface area contributed by atoms with Gasteiger partial charge in [0.25, 0.3) is 5.91 Å². The van der Waals surface area contributed by atoms with Crippen LogP contribution in [0.1, 0.15) is 43.2 Å². The summed E-state index contributed by atoms with van der Waals surface area (Å²) in [4.78, 5) is 12.0. The van der Waals surface area contributed by atoms with Crippen molar-refractivity contribution in [1.82, 2.24) is 5.32 Å². The highest BCUT2D eigenvalue weighted by Crippen LogP contribution is 2.31. The lowest BCUT2D eigenvalue weighted by molar-refractivity contribution is 0.0864. The second kappa shape index (κ2) is 5.15. The van der Waals surface area contributed by atoms with E-state index in [1.54, 1.807) is 12.1 Å². The van der Waals surface area contributed by atoms with E-state index in [9.17, 15) is 10.1 Å². The maximum Gasteiger partial charge on any atom is 0.288 e. The fraction of sp³-hybridized carbons (Fsp3) is 0.538. The Morgan fingerprint density at radius 2 is 2.22 bits per heavy atom. The second-order valence-electron chi connectivity index (χ2n) is 4.93. The topological polar surface area (TPSA) is 66.0 Å². The Bertz CT molecular complexity index is 481. The number of furan rings is 1. The van der Waals surface area contributed by atoms with Crippen LogP contribution in [0.15, 0.2) is 21.2 Å². The molecule has 0 saturated heterocycles. The molecule has 1 heterocycles. The maximum absolute atomic E-state index is 12.0. The Labute approximate surface area is 114 Å². The molecular weight excluding hydrogens is 296 g/mol. The highest BCUT2D eigenvalue weighted by atomic mass is 79.9. The van der Waals surface area contributed by atoms with Crippen molar-refractivity contribution in [3.63, 3.8) is 0 Å². The number of carbonyl (C=O) groups is 1. The van der Waals surface area contributed by atoms with Crippen molar-refractivity contribution in [2.24, 2.45) is 5.92 Å². The molecule has 1 saturated carbocycles. The van der Waals surface area contributed by atoms with Crippen molar-refractivity contribution < 1.29 is 9.21 Å². The van der Waals surface area contributed by atoms with Crippen LogP contribution in [0.25, 0.3) is 0 Å². The molecule has 1 N–H and O–H groups in total. The molecule has 0 bridgehead atoms. The summed E-state index contributed by atoms with van der Waals surface area (Å²) < 4.78 is 5.70. The summed E-state index contributed by atoms with van der Waals surface area (Å²) in [7, 11) is 0. The maximum atomic E-state index is 12.0. The number of amides is 1. The van der Waals surface area contributed by atoms with Gasteiger partial charge in [0.05, 0.1) is 6.07 Å². The van der Waals surface area contributed by atoms with Crippen LogP contribution in [0.5, 0.6) is 0 Å². The first-order chi connectivity index (χ1) is 8.54. The average Bonchev–Trinajstić information content (AvgIpc) is 2.79. The standard InChI is InChI=1S/C13H15BrN2O2/c1-9-4-6-13(8-15,7-5-9)16-12(17)10-2-3-11(14)18-10/h2-3,9H,4-7H2,1H3,(H,16,17). The third-order valence-electron chi connectivity index (χ3n) is 3.49. The van der Waals surface area contributed by atoms with Crippen molar-refractivity contribution in [3.05, 3.63) is 22.6 Å². The third kappa shape index (κ3) is 2.75. The van der Waals surface area contributed by atoms with Crippen LogP contribution >= 0.6 is 15.9 Å². The lowest BCUT2D eigenvalue weighted by Gasteiger charge is -2.34. The van der Waals surface area contributed by atoms with E-state index in [1.807, 2.05) is 0 Å². The first kappa shape index (κ1) is 13.2. The van der Waals surface area contributed by atoms with E-state index in [0.29, 0.717) is 23.4 Å². The molecular formula is C13H15BrN2O2. The second-order valence-corrected chi connectivity index (χ2v) is 5.72. The fourth-order valence-corrected chi connectivity index (χ4v) is 2.54. The number of carbonyl (C=O) groups excluding carboxylic acids is 1. The van der Waals surface area contributed by atoms with Gasteiger partial charge in [-0.1, -0.05) is 6.92 Å². The van der Waals surface area contributed by atoms with Gasteiger partial charge >= 0.3 is 0 Å². The molecule has 1 aliphatic rings. The quantitative estimate of drug-likeness (QED) is 0.912. The summed E-state index contributed by atoms with van der Waals surface area (Å²) in [5.41, 5.74) is -0.733. The molecule has 0 spiro atoms. The van der Waals surface area contributed by atoms with Gasteiger partial charge in [-0.05, 0) is 59.7 Å². The molecule has 1 aliphatic carbocycles. The molecule has 0 atom stereocenters. The lowest BCUT2D eigenvalue weighted by atomic mass is 9.78. The molecule has 0 aromatic carbocycles. The minimum absolute atomic E-state index is 0.232. The normalized spacial score (nSPS) is 27.5. The van der Waals surface area contributed by atoms with Crippen molar-refractivity contribution in [1.29, 1.82) is 5.26 Å². The number of halogens is 1. The molecule has 96 valence electrons. The summed E-state index contributed by atoms with van der Waals surface area (Å²) in [5.74, 6) is 0.535. The van der Waals surface area contributed by atoms with Gasteiger partial charge in [-0.2, -0.15) is 5.26 Å². The van der Waals surface area contributed by atoms with E-state index < -0.39 is 5.54 Å². The van der Waals surface area contributed by atoms with Crippen molar-refractivity contribution in [2.75, 3.05) is 0 Å². The average molecular weight is 311 g/mol. The Kier molecular flexibility index (Phi) is 3.76. The molecule has 1 aromatic heterocycles. The van der Waals surface area contributed by atoms with Crippen LogP contribution in [0.3, 0.4) is 0 Å². The highest BCUT2D eigenvalue weighted by molar-refractivity contribution is 9.10. The van der Waals surface area contributed by atoms with E-state index in [0.717, 1.165) is 12.8 Å². The smallest absolute Gasteiger partial charge is 0.288 e. The Morgan fingerprint density at radius 3 is 2.72 bits per heavy atom. The molecule has 1 fully saturated rings. The van der Waals surface area contributed by atoms with Crippen LogP contribution in [-0.2, 0) is 0 Å². The van der Waals surface area contributed by atoms with E-state index in [2.05, 4.69) is 34.2 Å². The van der Waals surface area contributed by atoms with Crippen molar-refractivity contribution in [3.8, 4) is 6.07 Å². The van der Waals surface area contributed by atoms with Gasteiger partial charge in [-0.15, -0.1) is 0 Å². The zero-order chi connectivity index (χ0) is 13.2. The zero-order valence-corrected chi connectivity index (χ0v) is 11.8. The van der Waals surface area contributed by atoms with Crippen molar-refractivity contribution in [2.45, 2.75) is 38.1 Å². The molecule has 4 nitrogen and oxygen atoms in total. The highest BCUT2D eigenvalue weighted by Gasteiger charge is 2.36. The first-order valence-corrected chi connectivity index (χ1v) is 6.83. The minimum atomic E-state index is -0.733. The Hall–Kier alpha value is -1.28. The number of hydrogen-bond acceptors (Lipinski definition) is 3. The van der Waals surface area contributed by atoms with Crippen LogP contribution in [-0.4, -0.2) is 11.4 Å². The summed E-state index contributed by atoms with van der Waals surface area (Å²) in [6.45, 7) is 2.17. The summed E-state index contributed by atoms with van der Waals surface area (Å²) >= 11 is 3.15. The largest absolute Gasteiger partial charge is 0.444 e. The molecule has 0 radical (unpaired) electrons. The van der Waals surface area contributed by atoms with Gasteiger partial charge < -0.3 is 9.73 Å². The number of nitriles is 1. The minimum Gasteiger partial charge on any atom is -0.444 e. The molecule has 18 heavy (non-hydrogen) atoms. The van der Waals surface area contributed by atoms with Gasteiger partial charge in [0, 0.05) is 0 Å². The van der Waals surface area contributed by atoms with Gasteiger partial charge in [0.15, 0.2) is 10.4 Å². The van der Waals surface area contributed by atoms with Crippen LogP contribution in [0, 0.1) is 17.2 Å².